The number of carbonyl (C=O) groups excluding carboxylic acids is 1. The van der Waals surface area contributed by atoms with Crippen molar-refractivity contribution in [3.8, 4) is 0 Å². The Morgan fingerprint density at radius 3 is 2.18 bits per heavy atom. The van der Waals surface area contributed by atoms with Crippen molar-refractivity contribution in [1.29, 1.82) is 0 Å². The van der Waals surface area contributed by atoms with Crippen LogP contribution in [0.15, 0.2) is 54.6 Å². The van der Waals surface area contributed by atoms with Crippen LogP contribution in [0, 0.1) is 11.6 Å². The highest BCUT2D eigenvalue weighted by molar-refractivity contribution is 5.91. The minimum atomic E-state index is -0.913. The summed E-state index contributed by atoms with van der Waals surface area (Å²) in [6.07, 6.45) is 1.92. The van der Waals surface area contributed by atoms with Crippen molar-refractivity contribution >= 4 is 12.0 Å². The standard InChI is InChI=1S/C17H15F2NO2/c18-14-6-1-12(2-7-14)3-10-17(22)20-11-16(21)13-4-8-15(19)9-5-13/h1-10,16,21H,11H2,(H,20,22)/b10-3+. The van der Waals surface area contributed by atoms with E-state index in [1.165, 1.54) is 42.5 Å². The Bertz CT molecular complexity index is 651. The molecule has 2 aromatic rings. The molecule has 2 rings (SSSR count). The van der Waals surface area contributed by atoms with Crippen molar-refractivity contribution in [1.82, 2.24) is 5.32 Å². The van der Waals surface area contributed by atoms with E-state index in [9.17, 15) is 18.7 Å². The second-order valence-corrected chi connectivity index (χ2v) is 4.70. The fourth-order valence-electron chi connectivity index (χ4n) is 1.80. The van der Waals surface area contributed by atoms with Crippen molar-refractivity contribution in [3.63, 3.8) is 0 Å². The van der Waals surface area contributed by atoms with Crippen LogP contribution in [0.3, 0.4) is 0 Å². The number of rotatable bonds is 5. The average molecular weight is 303 g/mol. The first-order valence-electron chi connectivity index (χ1n) is 6.69. The number of hydrogen-bond acceptors (Lipinski definition) is 2. The molecule has 1 amide bonds. The van der Waals surface area contributed by atoms with E-state index in [1.807, 2.05) is 0 Å². The summed E-state index contributed by atoms with van der Waals surface area (Å²) < 4.78 is 25.5. The van der Waals surface area contributed by atoms with Crippen molar-refractivity contribution < 1.29 is 18.7 Å². The fourth-order valence-corrected chi connectivity index (χ4v) is 1.80. The van der Waals surface area contributed by atoms with E-state index in [-0.39, 0.29) is 24.1 Å². The van der Waals surface area contributed by atoms with Crippen LogP contribution in [0.2, 0.25) is 0 Å². The van der Waals surface area contributed by atoms with E-state index in [1.54, 1.807) is 18.2 Å². The molecule has 114 valence electrons. The van der Waals surface area contributed by atoms with Gasteiger partial charge in [0, 0.05) is 12.6 Å². The molecule has 22 heavy (non-hydrogen) atoms. The first-order chi connectivity index (χ1) is 10.5. The van der Waals surface area contributed by atoms with E-state index < -0.39 is 6.10 Å². The molecule has 1 unspecified atom stereocenters. The number of benzene rings is 2. The zero-order valence-corrected chi connectivity index (χ0v) is 11.7. The lowest BCUT2D eigenvalue weighted by atomic mass is 10.1. The lowest BCUT2D eigenvalue weighted by Gasteiger charge is -2.11. The Kier molecular flexibility index (Phi) is 5.38. The second kappa shape index (κ2) is 7.47. The van der Waals surface area contributed by atoms with Crippen molar-refractivity contribution in [2.45, 2.75) is 6.10 Å². The average Bonchev–Trinajstić information content (AvgIpc) is 2.52. The van der Waals surface area contributed by atoms with E-state index in [4.69, 9.17) is 0 Å². The van der Waals surface area contributed by atoms with Crippen LogP contribution in [0.25, 0.3) is 6.08 Å². The van der Waals surface area contributed by atoms with Gasteiger partial charge in [0.1, 0.15) is 11.6 Å². The molecule has 2 N–H and O–H groups in total. The van der Waals surface area contributed by atoms with Gasteiger partial charge in [-0.05, 0) is 41.5 Å². The Morgan fingerprint density at radius 1 is 1.05 bits per heavy atom. The molecule has 3 nitrogen and oxygen atoms in total. The third-order valence-corrected chi connectivity index (χ3v) is 3.02. The number of hydrogen-bond donors (Lipinski definition) is 2. The minimum Gasteiger partial charge on any atom is -0.387 e. The summed E-state index contributed by atoms with van der Waals surface area (Å²) in [5.74, 6) is -1.11. The molecule has 0 heterocycles. The van der Waals surface area contributed by atoms with Crippen LogP contribution in [-0.2, 0) is 4.79 Å². The van der Waals surface area contributed by atoms with Crippen LogP contribution < -0.4 is 5.32 Å². The summed E-state index contributed by atoms with van der Waals surface area (Å²) in [5, 5.41) is 12.4. The van der Waals surface area contributed by atoms with Gasteiger partial charge < -0.3 is 10.4 Å². The van der Waals surface area contributed by atoms with Gasteiger partial charge in [-0.15, -0.1) is 0 Å². The van der Waals surface area contributed by atoms with Gasteiger partial charge >= 0.3 is 0 Å². The normalized spacial score (nSPS) is 12.3. The zero-order chi connectivity index (χ0) is 15.9. The second-order valence-electron chi connectivity index (χ2n) is 4.70. The number of nitrogens with one attached hydrogen (secondary N) is 1. The Morgan fingerprint density at radius 2 is 1.59 bits per heavy atom. The summed E-state index contributed by atoms with van der Waals surface area (Å²) >= 11 is 0. The highest BCUT2D eigenvalue weighted by atomic mass is 19.1. The predicted molar refractivity (Wildman–Crippen MR) is 79.8 cm³/mol. The van der Waals surface area contributed by atoms with Crippen molar-refractivity contribution in [2.24, 2.45) is 0 Å². The molecule has 0 aliphatic rings. The highest BCUT2D eigenvalue weighted by Gasteiger charge is 2.08. The van der Waals surface area contributed by atoms with Crippen LogP contribution in [0.1, 0.15) is 17.2 Å². The molecule has 0 aromatic heterocycles. The highest BCUT2D eigenvalue weighted by Crippen LogP contribution is 2.12. The summed E-state index contributed by atoms with van der Waals surface area (Å²) in [6.45, 7) is 0.0121. The molecule has 0 aliphatic carbocycles. The van der Waals surface area contributed by atoms with Crippen molar-refractivity contribution in [3.05, 3.63) is 77.4 Å². The summed E-state index contributed by atoms with van der Waals surface area (Å²) in [4.78, 5) is 11.6. The van der Waals surface area contributed by atoms with Gasteiger partial charge in [0.2, 0.25) is 5.91 Å². The Labute approximate surface area is 126 Å². The molecule has 0 saturated carbocycles. The fraction of sp³-hybridized carbons (Fsp3) is 0.118. The lowest BCUT2D eigenvalue weighted by molar-refractivity contribution is -0.116. The van der Waals surface area contributed by atoms with Crippen LogP contribution in [0.5, 0.6) is 0 Å². The third-order valence-electron chi connectivity index (χ3n) is 3.02. The van der Waals surface area contributed by atoms with Gasteiger partial charge in [0.05, 0.1) is 6.10 Å². The maximum Gasteiger partial charge on any atom is 0.244 e. The number of amides is 1. The topological polar surface area (TPSA) is 49.3 Å². The van der Waals surface area contributed by atoms with Crippen LogP contribution in [0.4, 0.5) is 8.78 Å². The van der Waals surface area contributed by atoms with E-state index >= 15 is 0 Å². The number of carbonyl (C=O) groups is 1. The summed E-state index contributed by atoms with van der Waals surface area (Å²) in [5.41, 5.74) is 1.21. The predicted octanol–water partition coefficient (Wildman–Crippen LogP) is 2.83. The number of aliphatic hydroxyl groups excluding tert-OH is 1. The molecule has 5 heteroatoms. The molecule has 1 atom stereocenters. The van der Waals surface area contributed by atoms with Gasteiger partial charge in [0.25, 0.3) is 0 Å². The number of halogens is 2. The third kappa shape index (κ3) is 4.79. The molecule has 0 aliphatic heterocycles. The monoisotopic (exact) mass is 303 g/mol. The van der Waals surface area contributed by atoms with Crippen LogP contribution in [-0.4, -0.2) is 17.6 Å². The summed E-state index contributed by atoms with van der Waals surface area (Å²) in [7, 11) is 0. The van der Waals surface area contributed by atoms with E-state index in [2.05, 4.69) is 5.32 Å². The molecule has 0 saturated heterocycles. The first kappa shape index (κ1) is 15.9. The zero-order valence-electron chi connectivity index (χ0n) is 11.7. The van der Waals surface area contributed by atoms with Gasteiger partial charge in [0.15, 0.2) is 0 Å². The lowest BCUT2D eigenvalue weighted by Crippen LogP contribution is -2.26. The molecule has 0 fully saturated rings. The van der Waals surface area contributed by atoms with Crippen LogP contribution >= 0.6 is 0 Å². The Balaban J connectivity index is 1.84. The number of aliphatic hydroxyl groups is 1. The van der Waals surface area contributed by atoms with Gasteiger partial charge in [-0.3, -0.25) is 4.79 Å². The molecular formula is C17H15F2NO2. The van der Waals surface area contributed by atoms with Crippen molar-refractivity contribution in [2.75, 3.05) is 6.54 Å². The molecule has 0 bridgehead atoms. The SMILES string of the molecule is O=C(/C=C/c1ccc(F)cc1)NCC(O)c1ccc(F)cc1. The van der Waals surface area contributed by atoms with Gasteiger partial charge in [-0.1, -0.05) is 24.3 Å². The molecule has 0 radical (unpaired) electrons. The molecule has 2 aromatic carbocycles. The van der Waals surface area contributed by atoms with Gasteiger partial charge in [-0.2, -0.15) is 0 Å². The molecular weight excluding hydrogens is 288 g/mol. The summed E-state index contributed by atoms with van der Waals surface area (Å²) in [6, 6.07) is 11.1. The smallest absolute Gasteiger partial charge is 0.244 e. The Hall–Kier alpha value is -2.53. The largest absolute Gasteiger partial charge is 0.387 e. The maximum atomic E-state index is 12.8. The molecule has 0 spiro atoms. The minimum absolute atomic E-state index is 0.0121. The van der Waals surface area contributed by atoms with Gasteiger partial charge in [-0.25, -0.2) is 8.78 Å². The maximum absolute atomic E-state index is 12.8. The van der Waals surface area contributed by atoms with E-state index in [0.717, 1.165) is 0 Å². The quantitative estimate of drug-likeness (QED) is 0.835. The van der Waals surface area contributed by atoms with E-state index in [0.29, 0.717) is 11.1 Å². The first-order valence-corrected chi connectivity index (χ1v) is 6.69.